The molecule has 1 N–H and O–H groups in total. The lowest BCUT2D eigenvalue weighted by atomic mass is 10.2. The minimum absolute atomic E-state index is 0.294. The average molecular weight is 384 g/mol. The molecule has 1 saturated heterocycles. The molecular weight excluding hydrogens is 354 g/mol. The third-order valence-corrected chi connectivity index (χ3v) is 5.67. The molecule has 26 heavy (non-hydrogen) atoms. The van der Waals surface area contributed by atoms with Crippen LogP contribution in [0, 0.1) is 6.92 Å². The number of benzene rings is 1. The number of aryl methyl sites for hydroxylation is 1. The molecule has 1 aromatic rings. The third-order valence-electron chi connectivity index (χ3n) is 4.43. The van der Waals surface area contributed by atoms with Gasteiger partial charge in [-0.2, -0.15) is 0 Å². The van der Waals surface area contributed by atoms with E-state index in [4.69, 9.17) is 4.74 Å². The molecule has 7 nitrogen and oxygen atoms in total. The van der Waals surface area contributed by atoms with Crippen LogP contribution in [0.15, 0.2) is 24.3 Å². The standard InChI is InChI=1S/C18H29N3O4S/c1-15-5-7-17(8-6-15)21(26(3,23)24)16(2)18(22)19-9-4-10-20-11-13-25-14-12-20/h5-8,16H,4,9-14H2,1-3H3,(H,19,22)/t16-/m1/s1. The van der Waals surface area contributed by atoms with Gasteiger partial charge >= 0.3 is 0 Å². The molecule has 146 valence electrons. The minimum atomic E-state index is -3.57. The normalized spacial score (nSPS) is 16.9. The number of rotatable bonds is 8. The highest BCUT2D eigenvalue weighted by molar-refractivity contribution is 7.92. The van der Waals surface area contributed by atoms with Crippen molar-refractivity contribution in [2.75, 3.05) is 50.0 Å². The second kappa shape index (κ2) is 9.34. The summed E-state index contributed by atoms with van der Waals surface area (Å²) in [5.41, 5.74) is 1.52. The molecule has 1 aliphatic rings. The fourth-order valence-electron chi connectivity index (χ4n) is 2.99. The number of nitrogens with zero attached hydrogens (tertiary/aromatic N) is 2. The lowest BCUT2D eigenvalue weighted by molar-refractivity contribution is -0.121. The summed E-state index contributed by atoms with van der Waals surface area (Å²) < 4.78 is 30.9. The molecule has 1 aromatic carbocycles. The Morgan fingerprint density at radius 1 is 1.27 bits per heavy atom. The molecule has 0 radical (unpaired) electrons. The van der Waals surface area contributed by atoms with Gasteiger partial charge in [-0.3, -0.25) is 14.0 Å². The van der Waals surface area contributed by atoms with E-state index in [9.17, 15) is 13.2 Å². The van der Waals surface area contributed by atoms with E-state index in [0.29, 0.717) is 12.2 Å². The highest BCUT2D eigenvalue weighted by Gasteiger charge is 2.28. The Morgan fingerprint density at radius 2 is 1.88 bits per heavy atom. The van der Waals surface area contributed by atoms with Gasteiger partial charge in [0.2, 0.25) is 15.9 Å². The summed E-state index contributed by atoms with van der Waals surface area (Å²) in [6.07, 6.45) is 1.94. The molecule has 1 aliphatic heterocycles. The van der Waals surface area contributed by atoms with E-state index < -0.39 is 16.1 Å². The van der Waals surface area contributed by atoms with Crippen LogP contribution in [0.5, 0.6) is 0 Å². The van der Waals surface area contributed by atoms with E-state index in [0.717, 1.165) is 51.1 Å². The lowest BCUT2D eigenvalue weighted by Gasteiger charge is -2.29. The van der Waals surface area contributed by atoms with Crippen molar-refractivity contribution in [2.45, 2.75) is 26.3 Å². The van der Waals surface area contributed by atoms with Crippen LogP contribution in [-0.4, -0.2) is 70.9 Å². The number of hydrogen-bond donors (Lipinski definition) is 1. The van der Waals surface area contributed by atoms with Crippen LogP contribution >= 0.6 is 0 Å². The number of anilines is 1. The Morgan fingerprint density at radius 3 is 2.46 bits per heavy atom. The van der Waals surface area contributed by atoms with Gasteiger partial charge in [0.15, 0.2) is 0 Å². The van der Waals surface area contributed by atoms with E-state index in [1.54, 1.807) is 19.1 Å². The molecule has 0 unspecified atom stereocenters. The Labute approximate surface area is 156 Å². The number of ether oxygens (including phenoxy) is 1. The summed E-state index contributed by atoms with van der Waals surface area (Å²) >= 11 is 0. The quantitative estimate of drug-likeness (QED) is 0.677. The Hall–Kier alpha value is -1.64. The maximum Gasteiger partial charge on any atom is 0.243 e. The molecule has 1 fully saturated rings. The molecule has 0 aromatic heterocycles. The molecule has 8 heteroatoms. The summed E-state index contributed by atoms with van der Waals surface area (Å²) in [6, 6.07) is 6.30. The molecule has 2 rings (SSSR count). The van der Waals surface area contributed by atoms with Gasteiger partial charge in [0.25, 0.3) is 0 Å². The highest BCUT2D eigenvalue weighted by atomic mass is 32.2. The summed E-state index contributed by atoms with van der Waals surface area (Å²) in [7, 11) is -3.57. The first-order valence-corrected chi connectivity index (χ1v) is 10.8. The van der Waals surface area contributed by atoms with Crippen molar-refractivity contribution in [1.82, 2.24) is 10.2 Å². The topological polar surface area (TPSA) is 79.0 Å². The second-order valence-electron chi connectivity index (χ2n) is 6.67. The molecule has 0 bridgehead atoms. The van der Waals surface area contributed by atoms with Crippen LogP contribution in [0.3, 0.4) is 0 Å². The highest BCUT2D eigenvalue weighted by Crippen LogP contribution is 2.21. The number of amides is 1. The molecule has 1 atom stereocenters. The molecule has 1 heterocycles. The van der Waals surface area contributed by atoms with Gasteiger partial charge in [0.1, 0.15) is 6.04 Å². The van der Waals surface area contributed by atoms with Crippen LogP contribution in [0.4, 0.5) is 5.69 Å². The molecule has 0 saturated carbocycles. The fraction of sp³-hybridized carbons (Fsp3) is 0.611. The van der Waals surface area contributed by atoms with Crippen molar-refractivity contribution in [3.8, 4) is 0 Å². The monoisotopic (exact) mass is 383 g/mol. The van der Waals surface area contributed by atoms with Gasteiger partial charge < -0.3 is 10.1 Å². The zero-order valence-electron chi connectivity index (χ0n) is 15.8. The van der Waals surface area contributed by atoms with Gasteiger partial charge in [0, 0.05) is 19.6 Å². The van der Waals surface area contributed by atoms with E-state index in [-0.39, 0.29) is 5.91 Å². The van der Waals surface area contributed by atoms with Crippen molar-refractivity contribution >= 4 is 21.6 Å². The summed E-state index contributed by atoms with van der Waals surface area (Å²) in [4.78, 5) is 14.8. The van der Waals surface area contributed by atoms with E-state index in [1.165, 1.54) is 4.31 Å². The number of carbonyl (C=O) groups excluding carboxylic acids is 1. The molecule has 0 spiro atoms. The van der Waals surface area contributed by atoms with Crippen molar-refractivity contribution in [1.29, 1.82) is 0 Å². The van der Waals surface area contributed by atoms with Crippen molar-refractivity contribution in [3.63, 3.8) is 0 Å². The van der Waals surface area contributed by atoms with E-state index in [2.05, 4.69) is 10.2 Å². The predicted octanol–water partition coefficient (Wildman–Crippen LogP) is 0.988. The lowest BCUT2D eigenvalue weighted by Crippen LogP contribution is -2.48. The Kier molecular flexibility index (Phi) is 7.43. The van der Waals surface area contributed by atoms with Gasteiger partial charge in [-0.1, -0.05) is 17.7 Å². The number of morpholine rings is 1. The number of carbonyl (C=O) groups is 1. The second-order valence-corrected chi connectivity index (χ2v) is 8.53. The van der Waals surface area contributed by atoms with Crippen molar-refractivity contribution in [3.05, 3.63) is 29.8 Å². The summed E-state index contributed by atoms with van der Waals surface area (Å²) in [5, 5.41) is 2.85. The zero-order chi connectivity index (χ0) is 19.2. The van der Waals surface area contributed by atoms with Crippen LogP contribution < -0.4 is 9.62 Å². The zero-order valence-corrected chi connectivity index (χ0v) is 16.6. The van der Waals surface area contributed by atoms with E-state index in [1.807, 2.05) is 19.1 Å². The SMILES string of the molecule is Cc1ccc(N([C@H](C)C(=O)NCCCN2CCOCC2)S(C)(=O)=O)cc1. The van der Waals surface area contributed by atoms with Crippen LogP contribution in [-0.2, 0) is 19.6 Å². The first-order valence-electron chi connectivity index (χ1n) is 8.93. The number of nitrogens with one attached hydrogen (secondary N) is 1. The van der Waals surface area contributed by atoms with Gasteiger partial charge in [0.05, 0.1) is 25.2 Å². The number of sulfonamides is 1. The maximum absolute atomic E-state index is 12.5. The van der Waals surface area contributed by atoms with Crippen LogP contribution in [0.25, 0.3) is 0 Å². The molecule has 1 amide bonds. The van der Waals surface area contributed by atoms with E-state index >= 15 is 0 Å². The smallest absolute Gasteiger partial charge is 0.243 e. The average Bonchev–Trinajstić information content (AvgIpc) is 2.60. The minimum Gasteiger partial charge on any atom is -0.379 e. The number of hydrogen-bond acceptors (Lipinski definition) is 5. The van der Waals surface area contributed by atoms with Gasteiger partial charge in [-0.25, -0.2) is 8.42 Å². The maximum atomic E-state index is 12.5. The molecular formula is C18H29N3O4S. The predicted molar refractivity (Wildman–Crippen MR) is 103 cm³/mol. The Bertz CT molecular complexity index is 685. The van der Waals surface area contributed by atoms with Crippen molar-refractivity contribution < 1.29 is 17.9 Å². The summed E-state index contributed by atoms with van der Waals surface area (Å²) in [6.45, 7) is 8.29. The van der Waals surface area contributed by atoms with Crippen LogP contribution in [0.2, 0.25) is 0 Å². The summed E-state index contributed by atoms with van der Waals surface area (Å²) in [5.74, 6) is -0.294. The van der Waals surface area contributed by atoms with Gasteiger partial charge in [-0.05, 0) is 38.9 Å². The Balaban J connectivity index is 1.91. The van der Waals surface area contributed by atoms with Gasteiger partial charge in [-0.15, -0.1) is 0 Å². The fourth-order valence-corrected chi connectivity index (χ4v) is 4.16. The molecule has 0 aliphatic carbocycles. The largest absolute Gasteiger partial charge is 0.379 e. The van der Waals surface area contributed by atoms with Crippen LogP contribution in [0.1, 0.15) is 18.9 Å². The third kappa shape index (κ3) is 5.96. The van der Waals surface area contributed by atoms with Crippen molar-refractivity contribution in [2.24, 2.45) is 0 Å². The first-order chi connectivity index (χ1) is 12.3. The first kappa shape index (κ1) is 20.7.